The van der Waals surface area contributed by atoms with Crippen LogP contribution in [0.4, 0.5) is 0 Å². The number of esters is 1. The number of carbonyl (C=O) groups is 2. The van der Waals surface area contributed by atoms with Crippen LogP contribution in [0.2, 0.25) is 0 Å². The van der Waals surface area contributed by atoms with Gasteiger partial charge in [-0.3, -0.25) is 4.79 Å². The van der Waals surface area contributed by atoms with E-state index >= 15 is 0 Å². The first-order chi connectivity index (χ1) is 16.5. The third-order valence-corrected chi connectivity index (χ3v) is 6.13. The Morgan fingerprint density at radius 2 is 1.11 bits per heavy atom. The first kappa shape index (κ1) is 31.2. The Morgan fingerprint density at radius 3 is 1.56 bits per heavy atom. The maximum atomic E-state index is 12.6. The summed E-state index contributed by atoms with van der Waals surface area (Å²) >= 11 is 0. The number of carbonyl (C=O) groups excluding carboxylic acids is 2. The van der Waals surface area contributed by atoms with Gasteiger partial charge in [-0.1, -0.05) is 20.3 Å². The van der Waals surface area contributed by atoms with Crippen LogP contribution in [-0.2, 0) is 18.6 Å². The van der Waals surface area contributed by atoms with E-state index in [0.717, 1.165) is 27.8 Å². The predicted octanol–water partition coefficient (Wildman–Crippen LogP) is 7.74. The molecule has 0 heterocycles. The molecule has 3 aromatic rings. The van der Waals surface area contributed by atoms with Gasteiger partial charge in [-0.15, -0.1) is 0 Å². The molecule has 0 aromatic heterocycles. The van der Waals surface area contributed by atoms with Crippen molar-refractivity contribution < 1.29 is 37.6 Å². The van der Waals surface area contributed by atoms with E-state index in [1.54, 1.807) is 18.2 Å². The molecule has 0 aliphatic rings. The molecule has 0 saturated heterocycles. The molecule has 0 saturated carbocycles. The van der Waals surface area contributed by atoms with E-state index in [0.29, 0.717) is 22.6 Å². The number of Topliss-reactive ketones (excluding diaryl/α,β-unsaturated/α-hetero) is 1. The van der Waals surface area contributed by atoms with Gasteiger partial charge in [-0.05, 0) is 130 Å². The molecule has 3 aromatic carbocycles. The first-order valence-electron chi connectivity index (χ1n) is 12.1. The second-order valence-electron chi connectivity index (χ2n) is 9.21. The number of rotatable bonds is 6. The van der Waals surface area contributed by atoms with Gasteiger partial charge in [0.25, 0.3) is 0 Å². The Labute approximate surface area is 228 Å². The van der Waals surface area contributed by atoms with Gasteiger partial charge < -0.3 is 9.47 Å². The van der Waals surface area contributed by atoms with E-state index in [4.69, 9.17) is 9.47 Å². The summed E-state index contributed by atoms with van der Waals surface area (Å²) in [5.41, 5.74) is 8.59. The summed E-state index contributed by atoms with van der Waals surface area (Å²) < 4.78 is 11.3. The molecule has 3 rings (SSSR count). The second kappa shape index (κ2) is 14.1. The van der Waals surface area contributed by atoms with Crippen LogP contribution in [0.25, 0.3) is 0 Å². The summed E-state index contributed by atoms with van der Waals surface area (Å²) in [5.74, 6) is 0.551. The Morgan fingerprint density at radius 1 is 0.667 bits per heavy atom. The van der Waals surface area contributed by atoms with Gasteiger partial charge in [0.15, 0.2) is 12.4 Å². The molecule has 0 spiro atoms. The molecule has 4 nitrogen and oxygen atoms in total. The van der Waals surface area contributed by atoms with Crippen molar-refractivity contribution in [2.45, 2.75) is 68.7 Å². The van der Waals surface area contributed by atoms with Crippen LogP contribution in [0.15, 0.2) is 42.5 Å². The molecule has 0 N–H and O–H groups in total. The number of ketones is 1. The zero-order valence-electron chi connectivity index (χ0n) is 23.0. The van der Waals surface area contributed by atoms with E-state index in [1.165, 1.54) is 17.5 Å². The van der Waals surface area contributed by atoms with Crippen molar-refractivity contribution in [2.75, 3.05) is 6.61 Å². The topological polar surface area (TPSA) is 52.6 Å². The van der Waals surface area contributed by atoms with Gasteiger partial charge in [0, 0.05) is 24.1 Å². The van der Waals surface area contributed by atoms with Crippen molar-refractivity contribution in [3.8, 4) is 11.5 Å². The smallest absolute Gasteiger partial charge is 0.343 e. The van der Waals surface area contributed by atoms with Crippen LogP contribution in [-0.4, -0.2) is 18.4 Å². The third kappa shape index (κ3) is 8.11. The SMILES string of the molecule is CCC.Cc1cc(OCC(=O)c2cc(C)c(C)c(C)c2)ccc1OC(=O)c1cc(C)c(C)c(C)c1.[V]. The van der Waals surface area contributed by atoms with Crippen molar-refractivity contribution in [3.63, 3.8) is 0 Å². The summed E-state index contributed by atoms with van der Waals surface area (Å²) in [4.78, 5) is 25.2. The van der Waals surface area contributed by atoms with Gasteiger partial charge in [-0.25, -0.2) is 4.79 Å². The average molecular weight is 526 g/mol. The molecule has 0 amide bonds. The van der Waals surface area contributed by atoms with E-state index in [9.17, 15) is 9.59 Å². The summed E-state index contributed by atoms with van der Waals surface area (Å²) in [6.45, 7) is 18.1. The molecule has 191 valence electrons. The summed E-state index contributed by atoms with van der Waals surface area (Å²) in [6.07, 6.45) is 1.25. The molecule has 0 aliphatic heterocycles. The molecule has 5 heteroatoms. The Balaban J connectivity index is 0.00000154. The number of benzene rings is 3. The zero-order valence-corrected chi connectivity index (χ0v) is 24.4. The predicted molar refractivity (Wildman–Crippen MR) is 143 cm³/mol. The number of hydrogen-bond donors (Lipinski definition) is 0. The number of hydrogen-bond acceptors (Lipinski definition) is 4. The van der Waals surface area contributed by atoms with Crippen LogP contribution in [0.5, 0.6) is 11.5 Å². The quantitative estimate of drug-likeness (QED) is 0.188. The normalized spacial score (nSPS) is 10.0. The fraction of sp³-hybridized carbons (Fsp3) is 0.355. The molecule has 1 radical (unpaired) electrons. The molecule has 0 fully saturated rings. The van der Waals surface area contributed by atoms with Crippen LogP contribution >= 0.6 is 0 Å². The fourth-order valence-electron chi connectivity index (χ4n) is 3.57. The minimum absolute atomic E-state index is 0. The minimum Gasteiger partial charge on any atom is -0.485 e. The van der Waals surface area contributed by atoms with Gasteiger partial charge in [0.05, 0.1) is 5.56 Å². The first-order valence-corrected chi connectivity index (χ1v) is 12.1. The standard InChI is InChI=1S/C28H30O4.C3H8.V/c1-16-10-23(11-17(2)21(16)6)26(29)15-31-25-8-9-27(20(5)14-25)32-28(30)24-12-18(3)22(7)19(4)13-24;1-3-2;/h8-14H,15H2,1-7H3;3H2,1-2H3;. The second-order valence-corrected chi connectivity index (χ2v) is 9.21. The number of ether oxygens (including phenoxy) is 2. The van der Waals surface area contributed by atoms with Crippen molar-refractivity contribution in [3.05, 3.63) is 92.5 Å². The molecule has 36 heavy (non-hydrogen) atoms. The van der Waals surface area contributed by atoms with Gasteiger partial charge >= 0.3 is 5.97 Å². The monoisotopic (exact) mass is 525 g/mol. The van der Waals surface area contributed by atoms with E-state index in [1.807, 2.05) is 72.7 Å². The molecule has 0 atom stereocenters. The van der Waals surface area contributed by atoms with Crippen molar-refractivity contribution in [2.24, 2.45) is 0 Å². The summed E-state index contributed by atoms with van der Waals surface area (Å²) in [6, 6.07) is 12.7. The minimum atomic E-state index is -0.395. The van der Waals surface area contributed by atoms with Crippen molar-refractivity contribution in [1.82, 2.24) is 0 Å². The Bertz CT molecular complexity index is 1180. The third-order valence-electron chi connectivity index (χ3n) is 6.13. The van der Waals surface area contributed by atoms with Gasteiger partial charge in [0.1, 0.15) is 11.5 Å². The Hall–Kier alpha value is -2.82. The fourth-order valence-corrected chi connectivity index (χ4v) is 3.57. The summed E-state index contributed by atoms with van der Waals surface area (Å²) in [5, 5.41) is 0. The van der Waals surface area contributed by atoms with Gasteiger partial charge in [-0.2, -0.15) is 0 Å². The maximum absolute atomic E-state index is 12.6. The zero-order chi connectivity index (χ0) is 26.3. The van der Waals surface area contributed by atoms with Crippen LogP contribution in [0, 0.1) is 48.5 Å². The number of aryl methyl sites for hydroxylation is 5. The van der Waals surface area contributed by atoms with Crippen LogP contribution in [0.3, 0.4) is 0 Å². The van der Waals surface area contributed by atoms with Crippen LogP contribution < -0.4 is 9.47 Å². The maximum Gasteiger partial charge on any atom is 0.343 e. The van der Waals surface area contributed by atoms with Gasteiger partial charge in [0.2, 0.25) is 0 Å². The molecular formula is C31H38O4V. The van der Waals surface area contributed by atoms with E-state index in [2.05, 4.69) is 13.8 Å². The molecule has 0 bridgehead atoms. The largest absolute Gasteiger partial charge is 0.485 e. The average Bonchev–Trinajstić information content (AvgIpc) is 2.80. The molecule has 0 unspecified atom stereocenters. The van der Waals surface area contributed by atoms with E-state index in [-0.39, 0.29) is 30.9 Å². The summed E-state index contributed by atoms with van der Waals surface area (Å²) in [7, 11) is 0. The van der Waals surface area contributed by atoms with Crippen LogP contribution in [0.1, 0.15) is 79.9 Å². The van der Waals surface area contributed by atoms with E-state index < -0.39 is 5.97 Å². The van der Waals surface area contributed by atoms with Crippen molar-refractivity contribution >= 4 is 11.8 Å². The van der Waals surface area contributed by atoms with Crippen molar-refractivity contribution in [1.29, 1.82) is 0 Å². The molecule has 0 aliphatic carbocycles. The Kier molecular flexibility index (Phi) is 12.2. The molecular weight excluding hydrogens is 487 g/mol.